The van der Waals surface area contributed by atoms with Crippen LogP contribution >= 0.6 is 0 Å². The third-order valence-electron chi connectivity index (χ3n) is 3.89. The smallest absolute Gasteiger partial charge is 0.0485 e. The zero-order valence-electron chi connectivity index (χ0n) is 11.9. The molecule has 18 heavy (non-hydrogen) atoms. The molecule has 0 saturated heterocycles. The Morgan fingerprint density at radius 2 is 1.78 bits per heavy atom. The van der Waals surface area contributed by atoms with Gasteiger partial charge in [0.15, 0.2) is 0 Å². The molecular formula is C17H25N. The fourth-order valence-electron chi connectivity index (χ4n) is 2.72. The van der Waals surface area contributed by atoms with Gasteiger partial charge in [0.25, 0.3) is 0 Å². The SMILES string of the molecule is CCCCCCC(C)(C)n1ccc2ccccc21. The molecule has 0 saturated carbocycles. The van der Waals surface area contributed by atoms with E-state index in [9.17, 15) is 0 Å². The van der Waals surface area contributed by atoms with E-state index in [0.29, 0.717) is 0 Å². The molecule has 0 N–H and O–H groups in total. The number of para-hydroxylation sites is 1. The first-order chi connectivity index (χ1) is 8.65. The van der Waals surface area contributed by atoms with Crippen LogP contribution in [0.3, 0.4) is 0 Å². The Bertz CT molecular complexity index is 493. The third kappa shape index (κ3) is 2.77. The first-order valence-corrected chi connectivity index (χ1v) is 7.22. The number of nitrogens with zero attached hydrogens (tertiary/aromatic N) is 1. The second-order valence-corrected chi connectivity index (χ2v) is 5.87. The lowest BCUT2D eigenvalue weighted by atomic mass is 9.96. The van der Waals surface area contributed by atoms with Crippen molar-refractivity contribution < 1.29 is 0 Å². The van der Waals surface area contributed by atoms with Gasteiger partial charge in [-0.25, -0.2) is 0 Å². The average molecular weight is 243 g/mol. The van der Waals surface area contributed by atoms with Gasteiger partial charge in [0.1, 0.15) is 0 Å². The van der Waals surface area contributed by atoms with Crippen molar-refractivity contribution in [3.05, 3.63) is 36.5 Å². The van der Waals surface area contributed by atoms with Crippen LogP contribution in [0.4, 0.5) is 0 Å². The highest BCUT2D eigenvalue weighted by molar-refractivity contribution is 5.80. The average Bonchev–Trinajstić information content (AvgIpc) is 2.79. The minimum absolute atomic E-state index is 0.219. The van der Waals surface area contributed by atoms with Gasteiger partial charge in [-0.1, -0.05) is 50.8 Å². The van der Waals surface area contributed by atoms with E-state index in [0.717, 1.165) is 0 Å². The highest BCUT2D eigenvalue weighted by Crippen LogP contribution is 2.28. The molecule has 2 aromatic rings. The van der Waals surface area contributed by atoms with E-state index < -0.39 is 0 Å². The van der Waals surface area contributed by atoms with Gasteiger partial charge in [-0.05, 0) is 37.8 Å². The molecule has 0 unspecified atom stereocenters. The maximum absolute atomic E-state index is 2.44. The van der Waals surface area contributed by atoms with Gasteiger partial charge in [-0.2, -0.15) is 0 Å². The number of benzene rings is 1. The summed E-state index contributed by atoms with van der Waals surface area (Å²) in [5.74, 6) is 0. The number of rotatable bonds is 6. The van der Waals surface area contributed by atoms with Crippen LogP contribution in [-0.4, -0.2) is 4.57 Å². The molecule has 0 fully saturated rings. The van der Waals surface area contributed by atoms with E-state index in [4.69, 9.17) is 0 Å². The minimum atomic E-state index is 0.219. The third-order valence-corrected chi connectivity index (χ3v) is 3.89. The van der Waals surface area contributed by atoms with Crippen LogP contribution in [0.5, 0.6) is 0 Å². The van der Waals surface area contributed by atoms with Crippen LogP contribution in [0, 0.1) is 0 Å². The van der Waals surface area contributed by atoms with E-state index >= 15 is 0 Å². The number of unbranched alkanes of at least 4 members (excludes halogenated alkanes) is 3. The van der Waals surface area contributed by atoms with Crippen molar-refractivity contribution in [2.45, 2.75) is 58.4 Å². The van der Waals surface area contributed by atoms with Crippen LogP contribution in [0.25, 0.3) is 10.9 Å². The second-order valence-electron chi connectivity index (χ2n) is 5.87. The number of fused-ring (bicyclic) bond motifs is 1. The molecule has 0 aliphatic rings. The van der Waals surface area contributed by atoms with Crippen LogP contribution in [0.15, 0.2) is 36.5 Å². The van der Waals surface area contributed by atoms with Gasteiger partial charge in [0.2, 0.25) is 0 Å². The summed E-state index contributed by atoms with van der Waals surface area (Å²) >= 11 is 0. The van der Waals surface area contributed by atoms with Crippen molar-refractivity contribution in [2.75, 3.05) is 0 Å². The molecule has 0 atom stereocenters. The Morgan fingerprint density at radius 3 is 2.56 bits per heavy atom. The van der Waals surface area contributed by atoms with E-state index in [1.54, 1.807) is 0 Å². The predicted octanol–water partition coefficient (Wildman–Crippen LogP) is 5.35. The largest absolute Gasteiger partial charge is 0.342 e. The summed E-state index contributed by atoms with van der Waals surface area (Å²) < 4.78 is 2.44. The lowest BCUT2D eigenvalue weighted by molar-refractivity contribution is 0.323. The van der Waals surface area contributed by atoms with Crippen molar-refractivity contribution in [2.24, 2.45) is 0 Å². The summed E-state index contributed by atoms with van der Waals surface area (Å²) in [5, 5.41) is 1.35. The van der Waals surface area contributed by atoms with E-state index in [-0.39, 0.29) is 5.54 Å². The number of hydrogen-bond donors (Lipinski definition) is 0. The van der Waals surface area contributed by atoms with Crippen molar-refractivity contribution >= 4 is 10.9 Å². The van der Waals surface area contributed by atoms with Crippen molar-refractivity contribution in [3.63, 3.8) is 0 Å². The van der Waals surface area contributed by atoms with Gasteiger partial charge in [0.05, 0.1) is 0 Å². The minimum Gasteiger partial charge on any atom is -0.342 e. The summed E-state index contributed by atoms with van der Waals surface area (Å²) in [6.07, 6.45) is 8.86. The molecule has 1 aromatic heterocycles. The Kier molecular flexibility index (Phi) is 4.11. The number of hydrogen-bond acceptors (Lipinski definition) is 0. The van der Waals surface area contributed by atoms with Crippen molar-refractivity contribution in [3.8, 4) is 0 Å². The van der Waals surface area contributed by atoms with E-state index in [1.165, 1.54) is 43.0 Å². The van der Waals surface area contributed by atoms with Gasteiger partial charge in [0, 0.05) is 17.3 Å². The van der Waals surface area contributed by atoms with Crippen LogP contribution in [0.1, 0.15) is 52.9 Å². The van der Waals surface area contributed by atoms with Crippen molar-refractivity contribution in [1.82, 2.24) is 4.57 Å². The maximum Gasteiger partial charge on any atom is 0.0485 e. The lowest BCUT2D eigenvalue weighted by Gasteiger charge is -2.28. The number of aromatic nitrogens is 1. The summed E-state index contributed by atoms with van der Waals surface area (Å²) in [7, 11) is 0. The van der Waals surface area contributed by atoms with Gasteiger partial charge >= 0.3 is 0 Å². The predicted molar refractivity (Wildman–Crippen MR) is 80.0 cm³/mol. The molecule has 1 aromatic carbocycles. The molecule has 1 heteroatoms. The fraction of sp³-hybridized carbons (Fsp3) is 0.529. The second kappa shape index (κ2) is 5.60. The highest BCUT2D eigenvalue weighted by Gasteiger charge is 2.20. The Hall–Kier alpha value is -1.24. The summed E-state index contributed by atoms with van der Waals surface area (Å²) in [4.78, 5) is 0. The molecule has 0 amide bonds. The van der Waals surface area contributed by atoms with Crippen LogP contribution < -0.4 is 0 Å². The molecule has 2 rings (SSSR count). The summed E-state index contributed by atoms with van der Waals surface area (Å²) in [6, 6.07) is 10.9. The molecule has 98 valence electrons. The zero-order chi connectivity index (χ0) is 13.0. The molecular weight excluding hydrogens is 218 g/mol. The van der Waals surface area contributed by atoms with Crippen LogP contribution in [-0.2, 0) is 5.54 Å². The standard InChI is InChI=1S/C17H25N/c1-4-5-6-9-13-17(2,3)18-14-12-15-10-7-8-11-16(15)18/h7-8,10-12,14H,4-6,9,13H2,1-3H3. The molecule has 0 bridgehead atoms. The summed E-state index contributed by atoms with van der Waals surface area (Å²) in [5.41, 5.74) is 1.58. The topological polar surface area (TPSA) is 4.93 Å². The molecule has 1 heterocycles. The van der Waals surface area contributed by atoms with E-state index in [1.807, 2.05) is 0 Å². The first kappa shape index (κ1) is 13.2. The highest BCUT2D eigenvalue weighted by atomic mass is 15.0. The lowest BCUT2D eigenvalue weighted by Crippen LogP contribution is -2.25. The van der Waals surface area contributed by atoms with E-state index in [2.05, 4.69) is 61.9 Å². The first-order valence-electron chi connectivity index (χ1n) is 7.22. The molecule has 0 aliphatic carbocycles. The normalized spacial score (nSPS) is 12.2. The Morgan fingerprint density at radius 1 is 1.00 bits per heavy atom. The van der Waals surface area contributed by atoms with Crippen molar-refractivity contribution in [1.29, 1.82) is 0 Å². The molecule has 0 radical (unpaired) electrons. The van der Waals surface area contributed by atoms with Crippen LogP contribution in [0.2, 0.25) is 0 Å². The molecule has 1 nitrogen and oxygen atoms in total. The Labute approximate surface area is 111 Å². The van der Waals surface area contributed by atoms with Gasteiger partial charge < -0.3 is 4.57 Å². The fourth-order valence-corrected chi connectivity index (χ4v) is 2.72. The van der Waals surface area contributed by atoms with Gasteiger partial charge in [-0.3, -0.25) is 0 Å². The Balaban J connectivity index is 2.13. The monoisotopic (exact) mass is 243 g/mol. The zero-order valence-corrected chi connectivity index (χ0v) is 11.9. The quantitative estimate of drug-likeness (QED) is 0.603. The summed E-state index contributed by atoms with van der Waals surface area (Å²) in [6.45, 7) is 6.97. The maximum atomic E-state index is 2.44. The molecule has 0 aliphatic heterocycles. The van der Waals surface area contributed by atoms with Gasteiger partial charge in [-0.15, -0.1) is 0 Å². The molecule has 0 spiro atoms.